The zero-order valence-electron chi connectivity index (χ0n) is 8.88. The van der Waals surface area contributed by atoms with Crippen molar-refractivity contribution in [2.75, 3.05) is 0 Å². The average Bonchev–Trinajstić information content (AvgIpc) is 2.59. The highest BCUT2D eigenvalue weighted by Gasteiger charge is 2.04. The van der Waals surface area contributed by atoms with Crippen molar-refractivity contribution in [3.8, 4) is 0 Å². The Morgan fingerprint density at radius 2 is 2.20 bits per heavy atom. The van der Waals surface area contributed by atoms with Gasteiger partial charge < -0.3 is 5.32 Å². The minimum Gasteiger partial charge on any atom is -0.310 e. The van der Waals surface area contributed by atoms with E-state index in [2.05, 4.69) is 59.4 Å². The molecule has 0 fully saturated rings. The molecular formula is C12H14BrNS. The van der Waals surface area contributed by atoms with Crippen LogP contribution in [0.2, 0.25) is 0 Å². The highest BCUT2D eigenvalue weighted by molar-refractivity contribution is 9.10. The monoisotopic (exact) mass is 283 g/mol. The number of hydrogen-bond donors (Lipinski definition) is 1. The summed E-state index contributed by atoms with van der Waals surface area (Å²) < 4.78 is 2.54. The zero-order valence-corrected chi connectivity index (χ0v) is 11.3. The summed E-state index contributed by atoms with van der Waals surface area (Å²) in [6.45, 7) is 5.30. The maximum absolute atomic E-state index is 3.58. The lowest BCUT2D eigenvalue weighted by molar-refractivity contribution is 0.593. The Hall–Kier alpha value is -0.380. The SMILES string of the molecule is CC(C)NCc1cc2cccc(Br)c2s1. The number of thiophene rings is 1. The van der Waals surface area contributed by atoms with Gasteiger partial charge in [0.05, 0.1) is 0 Å². The molecule has 0 unspecified atom stereocenters. The van der Waals surface area contributed by atoms with Gasteiger partial charge in [-0.15, -0.1) is 11.3 Å². The Morgan fingerprint density at radius 3 is 2.87 bits per heavy atom. The van der Waals surface area contributed by atoms with E-state index in [4.69, 9.17) is 0 Å². The maximum Gasteiger partial charge on any atom is 0.0488 e. The summed E-state index contributed by atoms with van der Waals surface area (Å²) in [5, 5.41) is 4.77. The fraction of sp³-hybridized carbons (Fsp3) is 0.333. The van der Waals surface area contributed by atoms with Crippen LogP contribution in [0.5, 0.6) is 0 Å². The van der Waals surface area contributed by atoms with Gasteiger partial charge in [-0.2, -0.15) is 0 Å². The molecule has 15 heavy (non-hydrogen) atoms. The van der Waals surface area contributed by atoms with Gasteiger partial charge in [-0.3, -0.25) is 0 Å². The van der Waals surface area contributed by atoms with Gasteiger partial charge >= 0.3 is 0 Å². The van der Waals surface area contributed by atoms with Crippen LogP contribution in [-0.2, 0) is 6.54 Å². The van der Waals surface area contributed by atoms with Crippen LogP contribution in [0.25, 0.3) is 10.1 Å². The molecule has 0 radical (unpaired) electrons. The zero-order chi connectivity index (χ0) is 10.8. The van der Waals surface area contributed by atoms with Crippen LogP contribution in [0.15, 0.2) is 28.7 Å². The molecule has 0 aliphatic rings. The van der Waals surface area contributed by atoms with Crippen LogP contribution in [0.4, 0.5) is 0 Å². The Morgan fingerprint density at radius 1 is 1.40 bits per heavy atom. The Kier molecular flexibility index (Phi) is 3.44. The minimum absolute atomic E-state index is 0.540. The maximum atomic E-state index is 3.58. The molecule has 0 aliphatic heterocycles. The lowest BCUT2D eigenvalue weighted by Gasteiger charge is -2.04. The molecular weight excluding hydrogens is 270 g/mol. The predicted octanol–water partition coefficient (Wildman–Crippen LogP) is 4.16. The molecule has 1 aromatic heterocycles. The molecule has 80 valence electrons. The molecule has 0 saturated carbocycles. The topological polar surface area (TPSA) is 12.0 Å². The average molecular weight is 284 g/mol. The second-order valence-electron chi connectivity index (χ2n) is 3.91. The highest BCUT2D eigenvalue weighted by atomic mass is 79.9. The molecule has 0 atom stereocenters. The molecule has 3 heteroatoms. The Labute approximate surface area is 103 Å². The molecule has 1 nitrogen and oxygen atoms in total. The number of nitrogens with one attached hydrogen (secondary N) is 1. The van der Waals surface area contributed by atoms with E-state index < -0.39 is 0 Å². The minimum atomic E-state index is 0.540. The third-order valence-electron chi connectivity index (χ3n) is 2.23. The van der Waals surface area contributed by atoms with E-state index >= 15 is 0 Å². The molecule has 1 N–H and O–H groups in total. The van der Waals surface area contributed by atoms with Crippen LogP contribution < -0.4 is 5.32 Å². The summed E-state index contributed by atoms with van der Waals surface area (Å²) in [6, 6.07) is 9.14. The summed E-state index contributed by atoms with van der Waals surface area (Å²) in [5.41, 5.74) is 0. The van der Waals surface area contributed by atoms with Gasteiger partial charge in [0.2, 0.25) is 0 Å². The molecule has 1 heterocycles. The van der Waals surface area contributed by atoms with Crippen LogP contribution >= 0.6 is 27.3 Å². The molecule has 0 spiro atoms. The van der Waals surface area contributed by atoms with Crippen molar-refractivity contribution in [1.82, 2.24) is 5.32 Å². The van der Waals surface area contributed by atoms with Crippen molar-refractivity contribution in [2.45, 2.75) is 26.4 Å². The number of rotatable bonds is 3. The first-order valence-corrected chi connectivity index (χ1v) is 6.68. The summed E-state index contributed by atoms with van der Waals surface area (Å²) >= 11 is 5.44. The normalized spacial score (nSPS) is 11.5. The van der Waals surface area contributed by atoms with E-state index in [1.165, 1.54) is 19.4 Å². The van der Waals surface area contributed by atoms with Crippen LogP contribution in [0.1, 0.15) is 18.7 Å². The van der Waals surface area contributed by atoms with Gasteiger partial charge in [0, 0.05) is 26.6 Å². The van der Waals surface area contributed by atoms with Crippen LogP contribution in [0.3, 0.4) is 0 Å². The third kappa shape index (κ3) is 2.60. The fourth-order valence-electron chi connectivity index (χ4n) is 1.47. The van der Waals surface area contributed by atoms with E-state index in [0.29, 0.717) is 6.04 Å². The molecule has 2 rings (SSSR count). The largest absolute Gasteiger partial charge is 0.310 e. The molecule has 0 aliphatic carbocycles. The van der Waals surface area contributed by atoms with Crippen LogP contribution in [-0.4, -0.2) is 6.04 Å². The van der Waals surface area contributed by atoms with Gasteiger partial charge in [-0.05, 0) is 33.4 Å². The summed E-state index contributed by atoms with van der Waals surface area (Å²) in [7, 11) is 0. The summed E-state index contributed by atoms with van der Waals surface area (Å²) in [5.74, 6) is 0. The van der Waals surface area contributed by atoms with Crippen molar-refractivity contribution >= 4 is 37.4 Å². The van der Waals surface area contributed by atoms with Gasteiger partial charge in [-0.25, -0.2) is 0 Å². The summed E-state index contributed by atoms with van der Waals surface area (Å²) in [6.07, 6.45) is 0. The molecule has 0 amide bonds. The van der Waals surface area contributed by atoms with E-state index in [1.54, 1.807) is 0 Å². The fourth-order valence-corrected chi connectivity index (χ4v) is 3.11. The van der Waals surface area contributed by atoms with Crippen molar-refractivity contribution < 1.29 is 0 Å². The van der Waals surface area contributed by atoms with Gasteiger partial charge in [-0.1, -0.05) is 26.0 Å². The Balaban J connectivity index is 2.27. The number of fused-ring (bicyclic) bond motifs is 1. The van der Waals surface area contributed by atoms with Crippen molar-refractivity contribution in [1.29, 1.82) is 0 Å². The highest BCUT2D eigenvalue weighted by Crippen LogP contribution is 2.31. The number of benzene rings is 1. The molecule has 2 aromatic rings. The molecule has 1 aromatic carbocycles. The van der Waals surface area contributed by atoms with Gasteiger partial charge in [0.1, 0.15) is 0 Å². The molecule has 0 saturated heterocycles. The number of halogens is 1. The van der Waals surface area contributed by atoms with Crippen LogP contribution in [0, 0.1) is 0 Å². The van der Waals surface area contributed by atoms with Crippen molar-refractivity contribution in [3.05, 3.63) is 33.6 Å². The smallest absolute Gasteiger partial charge is 0.0488 e. The van der Waals surface area contributed by atoms with Crippen molar-refractivity contribution in [3.63, 3.8) is 0 Å². The lowest BCUT2D eigenvalue weighted by Crippen LogP contribution is -2.21. The van der Waals surface area contributed by atoms with Crippen molar-refractivity contribution in [2.24, 2.45) is 0 Å². The first-order valence-electron chi connectivity index (χ1n) is 5.07. The number of hydrogen-bond acceptors (Lipinski definition) is 2. The molecule has 0 bridgehead atoms. The first kappa shape index (κ1) is 11.1. The van der Waals surface area contributed by atoms with Gasteiger partial charge in [0.25, 0.3) is 0 Å². The summed E-state index contributed by atoms with van der Waals surface area (Å²) in [4.78, 5) is 1.39. The Bertz CT molecular complexity index is 462. The van der Waals surface area contributed by atoms with E-state index in [9.17, 15) is 0 Å². The third-order valence-corrected chi connectivity index (χ3v) is 4.34. The quantitative estimate of drug-likeness (QED) is 0.892. The predicted molar refractivity (Wildman–Crippen MR) is 71.5 cm³/mol. The van der Waals surface area contributed by atoms with Gasteiger partial charge in [0.15, 0.2) is 0 Å². The second kappa shape index (κ2) is 4.64. The first-order chi connectivity index (χ1) is 7.16. The van der Waals surface area contributed by atoms with E-state index in [1.807, 2.05) is 11.3 Å². The lowest BCUT2D eigenvalue weighted by atomic mass is 10.2. The van der Waals surface area contributed by atoms with E-state index in [0.717, 1.165) is 6.54 Å². The van der Waals surface area contributed by atoms with E-state index in [-0.39, 0.29) is 0 Å². The standard InChI is InChI=1S/C12H14BrNS/c1-8(2)14-7-10-6-9-4-3-5-11(13)12(9)15-10/h3-6,8,14H,7H2,1-2H3. The second-order valence-corrected chi connectivity index (χ2v) is 5.90.